The molecule has 0 aliphatic carbocycles. The summed E-state index contributed by atoms with van der Waals surface area (Å²) in [6.45, 7) is 2.67. The van der Waals surface area contributed by atoms with E-state index in [0.29, 0.717) is 11.4 Å². The van der Waals surface area contributed by atoms with Crippen molar-refractivity contribution in [3.63, 3.8) is 0 Å². The summed E-state index contributed by atoms with van der Waals surface area (Å²) in [7, 11) is 0. The first kappa shape index (κ1) is 14.7. The summed E-state index contributed by atoms with van der Waals surface area (Å²) in [5.41, 5.74) is 1.02. The van der Waals surface area contributed by atoms with Gasteiger partial charge in [-0.3, -0.25) is 4.79 Å². The average molecular weight is 381 g/mol. The summed E-state index contributed by atoms with van der Waals surface area (Å²) < 4.78 is 2.03. The number of amides is 1. The molecular formula is C15H13BrN2OS2. The second-order valence-electron chi connectivity index (χ2n) is 4.73. The lowest BCUT2D eigenvalue weighted by Gasteiger charge is -2.09. The molecular weight excluding hydrogens is 368 g/mol. The van der Waals surface area contributed by atoms with Crippen molar-refractivity contribution >= 4 is 54.7 Å². The van der Waals surface area contributed by atoms with Crippen molar-refractivity contribution in [3.05, 3.63) is 50.1 Å². The van der Waals surface area contributed by atoms with Crippen molar-refractivity contribution in [1.82, 2.24) is 10.3 Å². The maximum Gasteiger partial charge on any atom is 0.262 e. The molecule has 3 rings (SSSR count). The van der Waals surface area contributed by atoms with E-state index in [1.54, 1.807) is 11.3 Å². The molecule has 1 atom stereocenters. The number of hydrogen-bond donors (Lipinski definition) is 1. The van der Waals surface area contributed by atoms with Crippen molar-refractivity contribution in [2.45, 2.75) is 12.8 Å². The van der Waals surface area contributed by atoms with E-state index in [1.807, 2.05) is 29.6 Å². The number of thiophene rings is 1. The maximum absolute atomic E-state index is 12.1. The van der Waals surface area contributed by atoms with Crippen LogP contribution in [0.5, 0.6) is 0 Å². The zero-order chi connectivity index (χ0) is 14.8. The lowest BCUT2D eigenvalue weighted by Crippen LogP contribution is -2.27. The third kappa shape index (κ3) is 3.17. The van der Waals surface area contributed by atoms with Crippen LogP contribution in [0.1, 0.15) is 27.5 Å². The minimum Gasteiger partial charge on any atom is -0.351 e. The summed E-state index contributed by atoms with van der Waals surface area (Å²) in [6.07, 6.45) is 0. The van der Waals surface area contributed by atoms with E-state index >= 15 is 0 Å². The molecule has 0 bridgehead atoms. The van der Waals surface area contributed by atoms with Gasteiger partial charge in [0.1, 0.15) is 4.88 Å². The van der Waals surface area contributed by atoms with E-state index in [-0.39, 0.29) is 11.8 Å². The van der Waals surface area contributed by atoms with Gasteiger partial charge in [-0.05, 0) is 39.5 Å². The topological polar surface area (TPSA) is 42.0 Å². The van der Waals surface area contributed by atoms with Gasteiger partial charge in [0.15, 0.2) is 0 Å². The van der Waals surface area contributed by atoms with Crippen LogP contribution < -0.4 is 5.32 Å². The molecule has 2 aromatic heterocycles. The summed E-state index contributed by atoms with van der Waals surface area (Å²) in [4.78, 5) is 17.4. The Morgan fingerprint density at radius 2 is 2.19 bits per heavy atom. The average Bonchev–Trinajstić information content (AvgIpc) is 3.10. The smallest absolute Gasteiger partial charge is 0.262 e. The molecule has 1 N–H and O–H groups in total. The number of carbonyl (C=O) groups is 1. The highest BCUT2D eigenvalue weighted by atomic mass is 79.9. The van der Waals surface area contributed by atoms with Gasteiger partial charge in [0, 0.05) is 16.9 Å². The molecule has 108 valence electrons. The van der Waals surface area contributed by atoms with Gasteiger partial charge < -0.3 is 5.32 Å². The SMILES string of the molecule is CC(CNC(=O)c1sccc1Br)c1nc2ccccc2s1. The Hall–Kier alpha value is -1.24. The van der Waals surface area contributed by atoms with Crippen LogP contribution in [0.3, 0.4) is 0 Å². The number of para-hydroxylation sites is 1. The molecule has 3 aromatic rings. The zero-order valence-electron chi connectivity index (χ0n) is 11.3. The molecule has 6 heteroatoms. The van der Waals surface area contributed by atoms with Crippen LogP contribution in [0, 0.1) is 0 Å². The van der Waals surface area contributed by atoms with Crippen molar-refractivity contribution in [1.29, 1.82) is 0 Å². The number of fused-ring (bicyclic) bond motifs is 1. The molecule has 21 heavy (non-hydrogen) atoms. The molecule has 0 spiro atoms. The van der Waals surface area contributed by atoms with Crippen LogP contribution >= 0.6 is 38.6 Å². The summed E-state index contributed by atoms with van der Waals surface area (Å²) >= 11 is 6.51. The van der Waals surface area contributed by atoms with Gasteiger partial charge in [-0.25, -0.2) is 4.98 Å². The Balaban J connectivity index is 1.67. The van der Waals surface area contributed by atoms with Crippen LogP contribution in [0.4, 0.5) is 0 Å². The van der Waals surface area contributed by atoms with Gasteiger partial charge in [-0.1, -0.05) is 19.1 Å². The number of aromatic nitrogens is 1. The predicted molar refractivity (Wildman–Crippen MR) is 92.4 cm³/mol. The van der Waals surface area contributed by atoms with Crippen LogP contribution in [0.15, 0.2) is 40.2 Å². The van der Waals surface area contributed by atoms with E-state index < -0.39 is 0 Å². The minimum absolute atomic E-state index is 0.0372. The van der Waals surface area contributed by atoms with E-state index in [1.165, 1.54) is 16.0 Å². The monoisotopic (exact) mass is 380 g/mol. The minimum atomic E-state index is -0.0372. The number of rotatable bonds is 4. The lowest BCUT2D eigenvalue weighted by molar-refractivity contribution is 0.0955. The van der Waals surface area contributed by atoms with Crippen LogP contribution in [-0.4, -0.2) is 17.4 Å². The van der Waals surface area contributed by atoms with Crippen molar-refractivity contribution < 1.29 is 4.79 Å². The molecule has 1 aromatic carbocycles. The van der Waals surface area contributed by atoms with Crippen LogP contribution in [0.2, 0.25) is 0 Å². The Bertz CT molecular complexity index is 748. The van der Waals surface area contributed by atoms with Gasteiger partial charge in [-0.2, -0.15) is 0 Å². The quantitative estimate of drug-likeness (QED) is 0.715. The fourth-order valence-electron chi connectivity index (χ4n) is 1.97. The zero-order valence-corrected chi connectivity index (χ0v) is 14.5. The molecule has 1 unspecified atom stereocenters. The number of nitrogens with one attached hydrogen (secondary N) is 1. The number of thiazole rings is 1. The summed E-state index contributed by atoms with van der Waals surface area (Å²) in [5, 5.41) is 5.93. The molecule has 1 amide bonds. The normalized spacial score (nSPS) is 12.5. The van der Waals surface area contributed by atoms with Gasteiger partial charge in [-0.15, -0.1) is 22.7 Å². The van der Waals surface area contributed by atoms with Gasteiger partial charge in [0.05, 0.1) is 15.2 Å². The van der Waals surface area contributed by atoms with Gasteiger partial charge in [0.25, 0.3) is 5.91 Å². The van der Waals surface area contributed by atoms with Crippen LogP contribution in [-0.2, 0) is 0 Å². The van der Waals surface area contributed by atoms with Crippen molar-refractivity contribution in [3.8, 4) is 0 Å². The highest BCUT2D eigenvalue weighted by molar-refractivity contribution is 9.10. The molecule has 0 saturated heterocycles. The second kappa shape index (κ2) is 6.25. The van der Waals surface area contributed by atoms with Crippen molar-refractivity contribution in [2.24, 2.45) is 0 Å². The van der Waals surface area contributed by atoms with Gasteiger partial charge >= 0.3 is 0 Å². The van der Waals surface area contributed by atoms with Crippen molar-refractivity contribution in [2.75, 3.05) is 6.54 Å². The predicted octanol–water partition coefficient (Wildman–Crippen LogP) is 4.65. The standard InChI is InChI=1S/C15H13BrN2OS2/c1-9(8-17-14(19)13-10(16)6-7-20-13)15-18-11-4-2-3-5-12(11)21-15/h2-7,9H,8H2,1H3,(H,17,19). The molecule has 0 saturated carbocycles. The Morgan fingerprint density at radius 3 is 2.90 bits per heavy atom. The fraction of sp³-hybridized carbons (Fsp3) is 0.200. The molecule has 0 radical (unpaired) electrons. The fourth-order valence-corrected chi connectivity index (χ4v) is 4.46. The lowest BCUT2D eigenvalue weighted by atomic mass is 10.2. The molecule has 0 aliphatic heterocycles. The summed E-state index contributed by atoms with van der Waals surface area (Å²) in [5.74, 6) is 0.162. The van der Waals surface area contributed by atoms with E-state index in [4.69, 9.17) is 0 Å². The first-order chi connectivity index (χ1) is 10.1. The second-order valence-corrected chi connectivity index (χ2v) is 7.56. The Kier molecular flexibility index (Phi) is 4.37. The Labute approximate surface area is 139 Å². The molecule has 2 heterocycles. The number of benzene rings is 1. The maximum atomic E-state index is 12.1. The first-order valence-electron chi connectivity index (χ1n) is 6.52. The number of hydrogen-bond acceptors (Lipinski definition) is 4. The van der Waals surface area contributed by atoms with E-state index in [2.05, 4.69) is 39.2 Å². The Morgan fingerprint density at radius 1 is 1.38 bits per heavy atom. The van der Waals surface area contributed by atoms with Gasteiger partial charge in [0.2, 0.25) is 0 Å². The highest BCUT2D eigenvalue weighted by Gasteiger charge is 2.15. The molecule has 0 aliphatic rings. The third-order valence-electron chi connectivity index (χ3n) is 3.12. The number of nitrogens with zero attached hydrogens (tertiary/aromatic N) is 1. The third-order valence-corrected chi connectivity index (χ3v) is 6.23. The highest BCUT2D eigenvalue weighted by Crippen LogP contribution is 2.27. The number of halogens is 1. The summed E-state index contributed by atoms with van der Waals surface area (Å²) in [6, 6.07) is 9.99. The number of carbonyl (C=O) groups excluding carboxylic acids is 1. The van der Waals surface area contributed by atoms with E-state index in [9.17, 15) is 4.79 Å². The van der Waals surface area contributed by atoms with Crippen LogP contribution in [0.25, 0.3) is 10.2 Å². The largest absolute Gasteiger partial charge is 0.351 e. The molecule has 3 nitrogen and oxygen atoms in total. The first-order valence-corrected chi connectivity index (χ1v) is 9.00. The molecule has 0 fully saturated rings. The van der Waals surface area contributed by atoms with E-state index in [0.717, 1.165) is 15.0 Å².